The van der Waals surface area contributed by atoms with E-state index in [0.29, 0.717) is 0 Å². The van der Waals surface area contributed by atoms with E-state index in [2.05, 4.69) is 17.0 Å². The molecule has 0 fully saturated rings. The molecule has 0 saturated carbocycles. The second kappa shape index (κ2) is 4.79. The third-order valence-electron chi connectivity index (χ3n) is 2.48. The maximum atomic E-state index is 5.94. The monoisotopic (exact) mass is 216 g/mol. The van der Waals surface area contributed by atoms with Crippen molar-refractivity contribution >= 4 is 5.69 Å². The van der Waals surface area contributed by atoms with Crippen molar-refractivity contribution in [3.63, 3.8) is 0 Å². The van der Waals surface area contributed by atoms with Crippen LogP contribution in [0.15, 0.2) is 30.7 Å². The van der Waals surface area contributed by atoms with Gasteiger partial charge >= 0.3 is 0 Å². The molecule has 0 spiro atoms. The minimum Gasteiger partial charge on any atom is -0.396 e. The van der Waals surface area contributed by atoms with Crippen LogP contribution in [-0.2, 0) is 6.54 Å². The summed E-state index contributed by atoms with van der Waals surface area (Å²) in [6.45, 7) is 3.09. The summed E-state index contributed by atoms with van der Waals surface area (Å²) in [5.41, 5.74) is 8.53. The summed E-state index contributed by atoms with van der Waals surface area (Å²) in [6, 6.07) is 3.84. The molecule has 0 aliphatic heterocycles. The van der Waals surface area contributed by atoms with Crippen molar-refractivity contribution in [3.05, 3.63) is 30.7 Å². The van der Waals surface area contributed by atoms with E-state index in [1.54, 1.807) is 12.4 Å². The third-order valence-corrected chi connectivity index (χ3v) is 2.48. The number of aromatic nitrogens is 3. The zero-order valence-corrected chi connectivity index (χ0v) is 9.43. The predicted octanol–water partition coefficient (Wildman–Crippen LogP) is 2.33. The molecular weight excluding hydrogens is 200 g/mol. The Morgan fingerprint density at radius 1 is 1.31 bits per heavy atom. The highest BCUT2D eigenvalue weighted by molar-refractivity contribution is 5.71. The minimum atomic E-state index is 0.724. The molecule has 0 radical (unpaired) electrons. The highest BCUT2D eigenvalue weighted by Gasteiger charge is 2.07. The SMILES string of the molecule is CCCCn1cc(N)c(-c2ccncc2)n1. The molecule has 0 bridgehead atoms. The molecule has 4 nitrogen and oxygen atoms in total. The van der Waals surface area contributed by atoms with Gasteiger partial charge in [-0.3, -0.25) is 9.67 Å². The van der Waals surface area contributed by atoms with Crippen LogP contribution >= 0.6 is 0 Å². The molecule has 0 saturated heterocycles. The Bertz CT molecular complexity index is 447. The number of nitrogens with zero attached hydrogens (tertiary/aromatic N) is 3. The second-order valence-corrected chi connectivity index (χ2v) is 3.79. The summed E-state index contributed by atoms with van der Waals surface area (Å²) < 4.78 is 1.91. The number of anilines is 1. The molecule has 2 N–H and O–H groups in total. The molecule has 16 heavy (non-hydrogen) atoms. The summed E-state index contributed by atoms with van der Waals surface area (Å²) in [7, 11) is 0. The Balaban J connectivity index is 2.25. The third kappa shape index (κ3) is 2.21. The molecule has 0 atom stereocenters. The zero-order chi connectivity index (χ0) is 11.4. The molecule has 2 heterocycles. The fourth-order valence-corrected chi connectivity index (χ4v) is 1.61. The van der Waals surface area contributed by atoms with E-state index in [1.807, 2.05) is 23.0 Å². The van der Waals surface area contributed by atoms with Crippen LogP contribution in [0.4, 0.5) is 5.69 Å². The standard InChI is InChI=1S/C12H16N4/c1-2-3-8-16-9-11(13)12(15-16)10-4-6-14-7-5-10/h4-7,9H,2-3,8,13H2,1H3. The first kappa shape index (κ1) is 10.7. The van der Waals surface area contributed by atoms with Gasteiger partial charge in [-0.25, -0.2) is 0 Å². The molecule has 0 amide bonds. The van der Waals surface area contributed by atoms with E-state index in [-0.39, 0.29) is 0 Å². The number of rotatable bonds is 4. The van der Waals surface area contributed by atoms with Gasteiger partial charge in [0.15, 0.2) is 0 Å². The first-order valence-electron chi connectivity index (χ1n) is 5.54. The van der Waals surface area contributed by atoms with Crippen LogP contribution in [0, 0.1) is 0 Å². The predicted molar refractivity (Wildman–Crippen MR) is 64.8 cm³/mol. The maximum Gasteiger partial charge on any atom is 0.115 e. The first-order chi connectivity index (χ1) is 7.81. The zero-order valence-electron chi connectivity index (χ0n) is 9.43. The maximum absolute atomic E-state index is 5.94. The number of hydrogen-bond donors (Lipinski definition) is 1. The highest BCUT2D eigenvalue weighted by Crippen LogP contribution is 2.23. The minimum absolute atomic E-state index is 0.724. The van der Waals surface area contributed by atoms with E-state index in [0.717, 1.165) is 36.3 Å². The Morgan fingerprint density at radius 3 is 2.75 bits per heavy atom. The van der Waals surface area contributed by atoms with Crippen molar-refractivity contribution in [1.29, 1.82) is 0 Å². The van der Waals surface area contributed by atoms with E-state index < -0.39 is 0 Å². The Morgan fingerprint density at radius 2 is 2.06 bits per heavy atom. The van der Waals surface area contributed by atoms with Gasteiger partial charge in [-0.1, -0.05) is 13.3 Å². The lowest BCUT2D eigenvalue weighted by molar-refractivity contribution is 0.573. The van der Waals surface area contributed by atoms with Crippen LogP contribution in [0.25, 0.3) is 11.3 Å². The van der Waals surface area contributed by atoms with E-state index in [9.17, 15) is 0 Å². The molecule has 0 aromatic carbocycles. The van der Waals surface area contributed by atoms with Crippen LogP contribution < -0.4 is 5.73 Å². The van der Waals surface area contributed by atoms with Crippen LogP contribution in [0.5, 0.6) is 0 Å². The molecule has 2 rings (SSSR count). The van der Waals surface area contributed by atoms with Crippen LogP contribution in [0.2, 0.25) is 0 Å². The molecule has 0 aliphatic carbocycles. The topological polar surface area (TPSA) is 56.7 Å². The first-order valence-corrected chi connectivity index (χ1v) is 5.54. The molecule has 84 valence electrons. The van der Waals surface area contributed by atoms with Gasteiger partial charge in [0.1, 0.15) is 5.69 Å². The summed E-state index contributed by atoms with van der Waals surface area (Å²) >= 11 is 0. The van der Waals surface area contributed by atoms with Gasteiger partial charge in [0.2, 0.25) is 0 Å². The van der Waals surface area contributed by atoms with Crippen LogP contribution in [0.1, 0.15) is 19.8 Å². The Hall–Kier alpha value is -1.84. The Kier molecular flexibility index (Phi) is 3.19. The smallest absolute Gasteiger partial charge is 0.115 e. The molecule has 4 heteroatoms. The van der Waals surface area contributed by atoms with Crippen molar-refractivity contribution in [2.45, 2.75) is 26.3 Å². The van der Waals surface area contributed by atoms with Gasteiger partial charge in [0.25, 0.3) is 0 Å². The highest BCUT2D eigenvalue weighted by atomic mass is 15.3. The van der Waals surface area contributed by atoms with Gasteiger partial charge < -0.3 is 5.73 Å². The number of hydrogen-bond acceptors (Lipinski definition) is 3. The van der Waals surface area contributed by atoms with Gasteiger partial charge in [0, 0.05) is 30.7 Å². The second-order valence-electron chi connectivity index (χ2n) is 3.79. The summed E-state index contributed by atoms with van der Waals surface area (Å²) in [5.74, 6) is 0. The summed E-state index contributed by atoms with van der Waals surface area (Å²) in [6.07, 6.45) is 7.67. The largest absolute Gasteiger partial charge is 0.396 e. The average Bonchev–Trinajstić information content (AvgIpc) is 2.69. The van der Waals surface area contributed by atoms with E-state index in [4.69, 9.17) is 5.73 Å². The van der Waals surface area contributed by atoms with Crippen molar-refractivity contribution in [3.8, 4) is 11.3 Å². The number of nitrogens with two attached hydrogens (primary N) is 1. The molecule has 2 aromatic heterocycles. The number of aryl methyl sites for hydroxylation is 1. The lowest BCUT2D eigenvalue weighted by atomic mass is 10.2. The molecule has 0 aliphatic rings. The van der Waals surface area contributed by atoms with Gasteiger partial charge in [0.05, 0.1) is 5.69 Å². The van der Waals surface area contributed by atoms with E-state index >= 15 is 0 Å². The number of nitrogen functional groups attached to an aromatic ring is 1. The van der Waals surface area contributed by atoms with Gasteiger partial charge in [-0.05, 0) is 18.6 Å². The van der Waals surface area contributed by atoms with Crippen molar-refractivity contribution in [1.82, 2.24) is 14.8 Å². The quantitative estimate of drug-likeness (QED) is 0.853. The summed E-state index contributed by atoms with van der Waals surface area (Å²) in [5, 5.41) is 4.48. The molecule has 2 aromatic rings. The fourth-order valence-electron chi connectivity index (χ4n) is 1.61. The van der Waals surface area contributed by atoms with Gasteiger partial charge in [-0.15, -0.1) is 0 Å². The Labute approximate surface area is 95.1 Å². The average molecular weight is 216 g/mol. The lowest BCUT2D eigenvalue weighted by Gasteiger charge is -1.98. The van der Waals surface area contributed by atoms with Crippen LogP contribution in [0.3, 0.4) is 0 Å². The van der Waals surface area contributed by atoms with Gasteiger partial charge in [-0.2, -0.15) is 5.10 Å². The van der Waals surface area contributed by atoms with Crippen molar-refractivity contribution in [2.24, 2.45) is 0 Å². The van der Waals surface area contributed by atoms with Crippen LogP contribution in [-0.4, -0.2) is 14.8 Å². The van der Waals surface area contributed by atoms with Crippen molar-refractivity contribution in [2.75, 3.05) is 5.73 Å². The lowest BCUT2D eigenvalue weighted by Crippen LogP contribution is -1.97. The number of unbranched alkanes of at least 4 members (excludes halogenated alkanes) is 1. The normalized spacial score (nSPS) is 10.6. The number of pyridine rings is 1. The summed E-state index contributed by atoms with van der Waals surface area (Å²) in [4.78, 5) is 3.98. The molecular formula is C12H16N4. The van der Waals surface area contributed by atoms with Crippen molar-refractivity contribution < 1.29 is 0 Å². The van der Waals surface area contributed by atoms with E-state index in [1.165, 1.54) is 0 Å². The molecule has 0 unspecified atom stereocenters. The fraction of sp³-hybridized carbons (Fsp3) is 0.333.